The second-order valence-corrected chi connectivity index (χ2v) is 5.71. The van der Waals surface area contributed by atoms with E-state index in [1.165, 1.54) is 43.2 Å². The molecule has 2 aromatic heterocycles. The minimum absolute atomic E-state index is 1.13. The molecule has 21 heavy (non-hydrogen) atoms. The zero-order valence-corrected chi connectivity index (χ0v) is 13.2. The van der Waals surface area contributed by atoms with Crippen LogP contribution >= 0.6 is 0 Å². The molecule has 0 saturated heterocycles. The quantitative estimate of drug-likeness (QED) is 0.499. The molecule has 0 aliphatic rings. The van der Waals surface area contributed by atoms with Crippen molar-refractivity contribution in [2.45, 2.75) is 58.4 Å². The maximum absolute atomic E-state index is 4.05. The highest BCUT2D eigenvalue weighted by molar-refractivity contribution is 5.11. The van der Waals surface area contributed by atoms with Crippen LogP contribution in [0.3, 0.4) is 0 Å². The predicted octanol–water partition coefficient (Wildman–Crippen LogP) is 4.12. The molecule has 2 heterocycles. The summed E-state index contributed by atoms with van der Waals surface area (Å²) in [6, 6.07) is 8.75. The number of aryl methyl sites for hydroxylation is 3. The van der Waals surface area contributed by atoms with Gasteiger partial charge < -0.3 is 0 Å². The van der Waals surface area contributed by atoms with Crippen LogP contribution in [0.15, 0.2) is 49.1 Å². The van der Waals surface area contributed by atoms with Gasteiger partial charge in [-0.15, -0.1) is 0 Å². The van der Waals surface area contributed by atoms with E-state index in [2.05, 4.69) is 53.1 Å². The van der Waals surface area contributed by atoms with Crippen LogP contribution in [0, 0.1) is 0 Å². The molecule has 0 amide bonds. The molecule has 0 aliphatic heterocycles. The number of nitrogens with zero attached hydrogens (tertiary/aromatic N) is 2. The summed E-state index contributed by atoms with van der Waals surface area (Å²) in [6.45, 7) is 3.41. The summed E-state index contributed by atoms with van der Waals surface area (Å²) in [7, 11) is 0. The normalized spacial score (nSPS) is 10.7. The van der Waals surface area contributed by atoms with E-state index in [1.807, 2.05) is 12.4 Å². The highest BCUT2D eigenvalue weighted by Gasteiger charge is 2.01. The average molecular weight is 283 g/mol. The van der Waals surface area contributed by atoms with Gasteiger partial charge in [-0.1, -0.05) is 19.8 Å². The van der Waals surface area contributed by atoms with Crippen LogP contribution in [-0.2, 0) is 19.4 Å². The second kappa shape index (κ2) is 9.28. The maximum Gasteiger partial charge on any atom is 0.169 e. The Kier molecular flexibility index (Phi) is 6.93. The van der Waals surface area contributed by atoms with Gasteiger partial charge in [0, 0.05) is 30.9 Å². The van der Waals surface area contributed by atoms with Gasteiger partial charge in [-0.2, -0.15) is 0 Å². The van der Waals surface area contributed by atoms with E-state index in [0.717, 1.165) is 19.4 Å². The van der Waals surface area contributed by atoms with Gasteiger partial charge in [-0.05, 0) is 48.9 Å². The lowest BCUT2D eigenvalue weighted by atomic mass is 10.1. The SMILES string of the molecule is CCCCCC[n+]1ccc(CCCc2ccncc2)cc1. The van der Waals surface area contributed by atoms with Gasteiger partial charge in [0.2, 0.25) is 0 Å². The third kappa shape index (κ3) is 6.07. The molecule has 0 aromatic carbocycles. The van der Waals surface area contributed by atoms with E-state index < -0.39 is 0 Å². The Morgan fingerprint density at radius 2 is 1.48 bits per heavy atom. The molecule has 2 rings (SSSR count). The van der Waals surface area contributed by atoms with Crippen molar-refractivity contribution < 1.29 is 4.57 Å². The standard InChI is InChI=1S/C19H27N2/c1-2-3-4-5-15-21-16-11-19(12-17-21)8-6-7-18-9-13-20-14-10-18/h9-14,16-17H,2-8,15H2,1H3/q+1. The third-order valence-electron chi connectivity index (χ3n) is 3.91. The lowest BCUT2D eigenvalue weighted by Gasteiger charge is -2.02. The zero-order valence-electron chi connectivity index (χ0n) is 13.2. The highest BCUT2D eigenvalue weighted by atomic mass is 14.9. The maximum atomic E-state index is 4.05. The smallest absolute Gasteiger partial charge is 0.169 e. The molecule has 2 heteroatoms. The van der Waals surface area contributed by atoms with Crippen molar-refractivity contribution >= 4 is 0 Å². The Bertz CT molecular complexity index is 491. The lowest BCUT2D eigenvalue weighted by molar-refractivity contribution is -0.697. The van der Waals surface area contributed by atoms with Gasteiger partial charge in [0.15, 0.2) is 12.4 Å². The van der Waals surface area contributed by atoms with Crippen LogP contribution in [0.2, 0.25) is 0 Å². The molecule has 2 aromatic rings. The Morgan fingerprint density at radius 1 is 0.810 bits per heavy atom. The molecular formula is C19H27N2+. The molecule has 2 nitrogen and oxygen atoms in total. The summed E-state index contributed by atoms with van der Waals surface area (Å²) in [6.07, 6.45) is 17.0. The Morgan fingerprint density at radius 3 is 2.14 bits per heavy atom. The minimum atomic E-state index is 1.13. The number of aromatic nitrogens is 2. The number of pyridine rings is 2. The summed E-state index contributed by atoms with van der Waals surface area (Å²) in [4.78, 5) is 4.05. The van der Waals surface area contributed by atoms with Gasteiger partial charge in [0.25, 0.3) is 0 Å². The Balaban J connectivity index is 1.69. The molecular weight excluding hydrogens is 256 g/mol. The first-order chi connectivity index (χ1) is 10.4. The van der Waals surface area contributed by atoms with Crippen molar-refractivity contribution in [1.82, 2.24) is 4.98 Å². The lowest BCUT2D eigenvalue weighted by Crippen LogP contribution is -2.32. The first-order valence-corrected chi connectivity index (χ1v) is 8.25. The molecule has 0 aliphatic carbocycles. The Hall–Kier alpha value is -1.70. The molecule has 0 radical (unpaired) electrons. The van der Waals surface area contributed by atoms with Gasteiger partial charge in [-0.25, -0.2) is 4.57 Å². The van der Waals surface area contributed by atoms with E-state index in [1.54, 1.807) is 0 Å². The Labute approximate surface area is 128 Å². The highest BCUT2D eigenvalue weighted by Crippen LogP contribution is 2.06. The molecule has 0 bridgehead atoms. The number of hydrogen-bond donors (Lipinski definition) is 0. The van der Waals surface area contributed by atoms with Gasteiger partial charge in [-0.3, -0.25) is 4.98 Å². The largest absolute Gasteiger partial charge is 0.265 e. The summed E-state index contributed by atoms with van der Waals surface area (Å²) >= 11 is 0. The summed E-state index contributed by atoms with van der Waals surface area (Å²) in [5.41, 5.74) is 2.82. The fourth-order valence-electron chi connectivity index (χ4n) is 2.57. The van der Waals surface area contributed by atoms with E-state index in [0.29, 0.717) is 0 Å². The predicted molar refractivity (Wildman–Crippen MR) is 87.0 cm³/mol. The molecule has 0 fully saturated rings. The summed E-state index contributed by atoms with van der Waals surface area (Å²) in [5, 5.41) is 0. The van der Waals surface area contributed by atoms with Crippen molar-refractivity contribution in [2.75, 3.05) is 0 Å². The van der Waals surface area contributed by atoms with Gasteiger partial charge in [0.05, 0.1) is 0 Å². The van der Waals surface area contributed by atoms with Gasteiger partial charge in [0.1, 0.15) is 6.54 Å². The number of hydrogen-bond acceptors (Lipinski definition) is 1. The minimum Gasteiger partial charge on any atom is -0.265 e. The number of unbranched alkanes of at least 4 members (excludes halogenated alkanes) is 3. The monoisotopic (exact) mass is 283 g/mol. The van der Waals surface area contributed by atoms with Crippen LogP contribution in [0.25, 0.3) is 0 Å². The average Bonchev–Trinajstić information content (AvgIpc) is 2.54. The van der Waals surface area contributed by atoms with E-state index >= 15 is 0 Å². The fourth-order valence-corrected chi connectivity index (χ4v) is 2.57. The molecule has 0 saturated carbocycles. The number of rotatable bonds is 9. The molecule has 0 spiro atoms. The first kappa shape index (κ1) is 15.7. The second-order valence-electron chi connectivity index (χ2n) is 5.71. The third-order valence-corrected chi connectivity index (χ3v) is 3.91. The van der Waals surface area contributed by atoms with E-state index in [4.69, 9.17) is 0 Å². The molecule has 112 valence electrons. The van der Waals surface area contributed by atoms with Crippen LogP contribution in [0.5, 0.6) is 0 Å². The van der Waals surface area contributed by atoms with Crippen molar-refractivity contribution in [2.24, 2.45) is 0 Å². The van der Waals surface area contributed by atoms with Crippen LogP contribution < -0.4 is 4.57 Å². The topological polar surface area (TPSA) is 16.8 Å². The van der Waals surface area contributed by atoms with Crippen molar-refractivity contribution in [3.63, 3.8) is 0 Å². The first-order valence-electron chi connectivity index (χ1n) is 8.25. The van der Waals surface area contributed by atoms with E-state index in [9.17, 15) is 0 Å². The van der Waals surface area contributed by atoms with Crippen LogP contribution in [0.4, 0.5) is 0 Å². The van der Waals surface area contributed by atoms with Gasteiger partial charge >= 0.3 is 0 Å². The fraction of sp³-hybridized carbons (Fsp3) is 0.474. The van der Waals surface area contributed by atoms with Crippen molar-refractivity contribution in [3.05, 3.63) is 60.2 Å². The molecule has 0 N–H and O–H groups in total. The van der Waals surface area contributed by atoms with Crippen molar-refractivity contribution in [3.8, 4) is 0 Å². The molecule has 0 unspecified atom stereocenters. The zero-order chi connectivity index (χ0) is 14.8. The summed E-state index contributed by atoms with van der Waals surface area (Å²) in [5.74, 6) is 0. The summed E-state index contributed by atoms with van der Waals surface area (Å²) < 4.78 is 2.31. The van der Waals surface area contributed by atoms with E-state index in [-0.39, 0.29) is 0 Å². The molecule has 0 atom stereocenters. The van der Waals surface area contributed by atoms with Crippen molar-refractivity contribution in [1.29, 1.82) is 0 Å². The van der Waals surface area contributed by atoms with Crippen LogP contribution in [0.1, 0.15) is 50.2 Å². The van der Waals surface area contributed by atoms with Crippen LogP contribution in [-0.4, -0.2) is 4.98 Å².